The minimum absolute atomic E-state index is 0.118. The van der Waals surface area contributed by atoms with E-state index in [2.05, 4.69) is 32.7 Å². The number of urea groups is 1. The number of aromatic nitrogens is 1. The molecule has 2 aromatic carbocycles. The van der Waals surface area contributed by atoms with E-state index < -0.39 is 0 Å². The summed E-state index contributed by atoms with van der Waals surface area (Å²) in [5.41, 5.74) is 3.10. The number of anilines is 1. The first-order valence-corrected chi connectivity index (χ1v) is 12.4. The van der Waals surface area contributed by atoms with Crippen molar-refractivity contribution >= 4 is 34.2 Å². The minimum atomic E-state index is -0.118. The van der Waals surface area contributed by atoms with Crippen molar-refractivity contribution < 1.29 is 4.79 Å². The number of nitrogens with one attached hydrogen (secondary N) is 2. The summed E-state index contributed by atoms with van der Waals surface area (Å²) < 4.78 is 0. The van der Waals surface area contributed by atoms with Gasteiger partial charge in [-0.3, -0.25) is 9.88 Å². The first kappa shape index (κ1) is 22.2. The number of rotatable bonds is 5. The lowest BCUT2D eigenvalue weighted by Crippen LogP contribution is -2.52. The van der Waals surface area contributed by atoms with Gasteiger partial charge in [-0.1, -0.05) is 29.8 Å². The van der Waals surface area contributed by atoms with Gasteiger partial charge in [0.25, 0.3) is 0 Å². The Labute approximate surface area is 200 Å². The fraction of sp³-hybridized carbons (Fsp3) is 0.407. The zero-order chi connectivity index (χ0) is 22.6. The molecule has 172 valence electrons. The summed E-state index contributed by atoms with van der Waals surface area (Å²) >= 11 is 6.02. The van der Waals surface area contributed by atoms with Crippen molar-refractivity contribution in [2.45, 2.75) is 50.6 Å². The van der Waals surface area contributed by atoms with Crippen LogP contribution in [0.1, 0.15) is 37.7 Å². The summed E-state index contributed by atoms with van der Waals surface area (Å²) in [6, 6.07) is 18.5. The van der Waals surface area contributed by atoms with Crippen LogP contribution in [0.15, 0.2) is 60.8 Å². The molecule has 0 unspecified atom stereocenters. The molecule has 2 aliphatic rings. The van der Waals surface area contributed by atoms with Gasteiger partial charge in [-0.15, -0.1) is 0 Å². The topological polar surface area (TPSA) is 57.3 Å². The Hall–Kier alpha value is -2.63. The van der Waals surface area contributed by atoms with E-state index in [4.69, 9.17) is 11.6 Å². The second-order valence-corrected chi connectivity index (χ2v) is 9.86. The third-order valence-corrected chi connectivity index (χ3v) is 7.46. The predicted molar refractivity (Wildman–Crippen MR) is 135 cm³/mol. The van der Waals surface area contributed by atoms with Gasteiger partial charge in [-0.25, -0.2) is 4.79 Å². The third kappa shape index (κ3) is 5.48. The van der Waals surface area contributed by atoms with Gasteiger partial charge in [0.05, 0.1) is 5.52 Å². The smallest absolute Gasteiger partial charge is 0.319 e. The van der Waals surface area contributed by atoms with E-state index in [0.29, 0.717) is 6.04 Å². The van der Waals surface area contributed by atoms with E-state index >= 15 is 0 Å². The Kier molecular flexibility index (Phi) is 6.79. The summed E-state index contributed by atoms with van der Waals surface area (Å²) in [7, 11) is 0. The molecule has 6 heteroatoms. The Morgan fingerprint density at radius 2 is 1.85 bits per heavy atom. The van der Waals surface area contributed by atoms with Gasteiger partial charge < -0.3 is 10.6 Å². The standard InChI is InChI=1S/C27H31ClN4O/c28-22-8-6-19(7-9-22)17-20-12-15-32(16-13-20)26-5-1-4-25(26)31-27(33)30-23-10-11-24-21(18-23)3-2-14-29-24/h2-3,6-11,14,18,20,25-26H,1,4-5,12-13,15-17H2,(H2,30,31,33)/t25-,26-/m1/s1. The van der Waals surface area contributed by atoms with Crippen molar-refractivity contribution in [2.24, 2.45) is 5.92 Å². The van der Waals surface area contributed by atoms with E-state index in [1.54, 1.807) is 6.20 Å². The Balaban J connectivity index is 1.13. The summed E-state index contributed by atoms with van der Waals surface area (Å²) in [5.74, 6) is 0.723. The van der Waals surface area contributed by atoms with Gasteiger partial charge in [-0.2, -0.15) is 0 Å². The van der Waals surface area contributed by atoms with E-state index in [9.17, 15) is 4.79 Å². The zero-order valence-corrected chi connectivity index (χ0v) is 19.6. The summed E-state index contributed by atoms with van der Waals surface area (Å²) in [4.78, 5) is 19.7. The number of amides is 2. The molecule has 5 rings (SSSR count). The second-order valence-electron chi connectivity index (χ2n) is 9.42. The molecule has 2 heterocycles. The molecule has 33 heavy (non-hydrogen) atoms. The molecular formula is C27H31ClN4O. The molecule has 2 fully saturated rings. The van der Waals surface area contributed by atoms with Crippen molar-refractivity contribution in [1.82, 2.24) is 15.2 Å². The largest absolute Gasteiger partial charge is 0.334 e. The number of hydrogen-bond donors (Lipinski definition) is 2. The van der Waals surface area contributed by atoms with Crippen LogP contribution in [0.2, 0.25) is 5.02 Å². The molecule has 2 N–H and O–H groups in total. The summed E-state index contributed by atoms with van der Waals surface area (Å²) in [5, 5.41) is 8.10. The second kappa shape index (κ2) is 10.1. The molecule has 1 aromatic heterocycles. The number of carbonyl (C=O) groups is 1. The van der Waals surface area contributed by atoms with Crippen molar-refractivity contribution in [3.63, 3.8) is 0 Å². The average Bonchev–Trinajstić information content (AvgIpc) is 3.29. The highest BCUT2D eigenvalue weighted by Crippen LogP contribution is 2.30. The Bertz CT molecular complexity index is 1090. The molecule has 1 aliphatic heterocycles. The van der Waals surface area contributed by atoms with Crippen LogP contribution in [0, 0.1) is 5.92 Å². The number of likely N-dealkylation sites (tertiary alicyclic amines) is 1. The molecule has 3 aromatic rings. The lowest BCUT2D eigenvalue weighted by Gasteiger charge is -2.38. The van der Waals surface area contributed by atoms with Gasteiger partial charge >= 0.3 is 6.03 Å². The van der Waals surface area contributed by atoms with E-state index in [1.807, 2.05) is 42.5 Å². The monoisotopic (exact) mass is 462 g/mol. The van der Waals surface area contributed by atoms with E-state index in [0.717, 1.165) is 59.9 Å². The molecule has 1 saturated heterocycles. The van der Waals surface area contributed by atoms with Crippen molar-refractivity contribution in [2.75, 3.05) is 18.4 Å². The van der Waals surface area contributed by atoms with Crippen LogP contribution in [0.4, 0.5) is 10.5 Å². The molecule has 1 saturated carbocycles. The lowest BCUT2D eigenvalue weighted by atomic mass is 9.89. The zero-order valence-electron chi connectivity index (χ0n) is 18.8. The predicted octanol–water partition coefficient (Wildman–Crippen LogP) is 5.89. The number of piperidine rings is 1. The number of carbonyl (C=O) groups excluding carboxylic acids is 1. The molecule has 2 atom stereocenters. The number of fused-ring (bicyclic) bond motifs is 1. The third-order valence-electron chi connectivity index (χ3n) is 7.21. The van der Waals surface area contributed by atoms with Crippen LogP contribution in [0.3, 0.4) is 0 Å². The number of pyridine rings is 1. The molecular weight excluding hydrogens is 432 g/mol. The van der Waals surface area contributed by atoms with Crippen LogP contribution < -0.4 is 10.6 Å². The lowest BCUT2D eigenvalue weighted by molar-refractivity contribution is 0.119. The maximum absolute atomic E-state index is 12.7. The molecule has 0 bridgehead atoms. The van der Waals surface area contributed by atoms with Crippen LogP contribution in [0.25, 0.3) is 10.9 Å². The molecule has 0 spiro atoms. The Morgan fingerprint density at radius 1 is 1.03 bits per heavy atom. The van der Waals surface area contributed by atoms with Gasteiger partial charge in [0, 0.05) is 34.4 Å². The Morgan fingerprint density at radius 3 is 2.67 bits per heavy atom. The highest BCUT2D eigenvalue weighted by molar-refractivity contribution is 6.30. The SMILES string of the molecule is O=C(Nc1ccc2ncccc2c1)N[C@@H]1CCC[C@H]1N1CCC(Cc2ccc(Cl)cc2)CC1. The normalized spacial score (nSPS) is 21.8. The highest BCUT2D eigenvalue weighted by Gasteiger charge is 2.35. The fourth-order valence-corrected chi connectivity index (χ4v) is 5.60. The van der Waals surface area contributed by atoms with Crippen LogP contribution >= 0.6 is 11.6 Å². The number of nitrogens with zero attached hydrogens (tertiary/aromatic N) is 2. The van der Waals surface area contributed by atoms with Crippen LogP contribution in [-0.2, 0) is 6.42 Å². The number of hydrogen-bond acceptors (Lipinski definition) is 3. The van der Waals surface area contributed by atoms with Gasteiger partial charge in [-0.05, 0) is 99.5 Å². The van der Waals surface area contributed by atoms with Gasteiger partial charge in [0.15, 0.2) is 0 Å². The van der Waals surface area contributed by atoms with Crippen LogP contribution in [-0.4, -0.2) is 41.1 Å². The first-order valence-electron chi connectivity index (χ1n) is 12.0. The molecule has 2 amide bonds. The quantitative estimate of drug-likeness (QED) is 0.497. The molecule has 5 nitrogen and oxygen atoms in total. The summed E-state index contributed by atoms with van der Waals surface area (Å²) in [6.45, 7) is 2.22. The maximum atomic E-state index is 12.7. The van der Waals surface area contributed by atoms with Crippen molar-refractivity contribution in [3.05, 3.63) is 71.4 Å². The van der Waals surface area contributed by atoms with Gasteiger partial charge in [0.1, 0.15) is 0 Å². The molecule has 0 radical (unpaired) electrons. The van der Waals surface area contributed by atoms with Crippen molar-refractivity contribution in [1.29, 1.82) is 0 Å². The van der Waals surface area contributed by atoms with Gasteiger partial charge in [0.2, 0.25) is 0 Å². The summed E-state index contributed by atoms with van der Waals surface area (Å²) in [6.07, 6.45) is 8.71. The first-order chi connectivity index (χ1) is 16.1. The number of benzene rings is 2. The van der Waals surface area contributed by atoms with Crippen LogP contribution in [0.5, 0.6) is 0 Å². The highest BCUT2D eigenvalue weighted by atomic mass is 35.5. The van der Waals surface area contributed by atoms with E-state index in [1.165, 1.54) is 24.8 Å². The number of halogens is 1. The van der Waals surface area contributed by atoms with E-state index in [-0.39, 0.29) is 12.1 Å². The molecule has 1 aliphatic carbocycles. The average molecular weight is 463 g/mol. The maximum Gasteiger partial charge on any atom is 0.319 e. The minimum Gasteiger partial charge on any atom is -0.334 e. The van der Waals surface area contributed by atoms with Crippen molar-refractivity contribution in [3.8, 4) is 0 Å². The fourth-order valence-electron chi connectivity index (χ4n) is 5.48.